The molecule has 0 amide bonds. The number of methoxy groups -OCH3 is 1. The van der Waals surface area contributed by atoms with Crippen LogP contribution in [0.25, 0.3) is 11.1 Å². The highest BCUT2D eigenvalue weighted by Gasteiger charge is 2.09. The molecule has 0 saturated carbocycles. The number of benzene rings is 2. The molecule has 0 atom stereocenters. The zero-order valence-corrected chi connectivity index (χ0v) is 14.5. The van der Waals surface area contributed by atoms with Gasteiger partial charge in [-0.1, -0.05) is 12.1 Å². The zero-order valence-electron chi connectivity index (χ0n) is 14.5. The van der Waals surface area contributed by atoms with Gasteiger partial charge in [0.15, 0.2) is 11.6 Å². The lowest BCUT2D eigenvalue weighted by Crippen LogP contribution is -2.07. The van der Waals surface area contributed by atoms with Gasteiger partial charge in [0.25, 0.3) is 0 Å². The average molecular weight is 341 g/mol. The number of hydrogen-bond donors (Lipinski definition) is 0. The number of nitriles is 1. The number of halogens is 1. The monoisotopic (exact) mass is 341 g/mol. The van der Waals surface area contributed by atoms with E-state index >= 15 is 0 Å². The average Bonchev–Trinajstić information content (AvgIpc) is 2.61. The summed E-state index contributed by atoms with van der Waals surface area (Å²) in [5.41, 5.74) is 2.40. The molecule has 130 valence electrons. The third kappa shape index (κ3) is 5.03. The van der Waals surface area contributed by atoms with Crippen molar-refractivity contribution in [2.45, 2.75) is 0 Å². The maximum absolute atomic E-state index is 14.2. The second-order valence-corrected chi connectivity index (χ2v) is 5.54. The van der Waals surface area contributed by atoms with Gasteiger partial charge in [-0.05, 0) is 35.4 Å². The van der Waals surface area contributed by atoms with Crippen molar-refractivity contribution >= 4 is 12.0 Å². The Labute approximate surface area is 146 Å². The van der Waals surface area contributed by atoms with E-state index in [1.165, 1.54) is 6.07 Å². The van der Waals surface area contributed by atoms with E-state index in [-0.39, 0.29) is 12.4 Å². The molecule has 0 saturated heterocycles. The first kappa shape index (κ1) is 18.4. The van der Waals surface area contributed by atoms with Gasteiger partial charge >= 0.3 is 0 Å². The molecule has 0 aliphatic carbocycles. The standard InChI is InChI=1S/C19H20FN3O2/c1-23(2)13-22-18-6-4-14(10-16(18)12-21)15-5-7-19(17(20)11-15)25-9-8-24-3/h4-7,10-11,13H,8-9H2,1-3H3. The van der Waals surface area contributed by atoms with Gasteiger partial charge < -0.3 is 14.4 Å². The molecule has 0 bridgehead atoms. The van der Waals surface area contributed by atoms with Gasteiger partial charge in [-0.2, -0.15) is 5.26 Å². The molecule has 6 heteroatoms. The van der Waals surface area contributed by atoms with E-state index in [1.807, 2.05) is 20.2 Å². The van der Waals surface area contributed by atoms with Crippen LogP contribution >= 0.6 is 0 Å². The third-order valence-corrected chi connectivity index (χ3v) is 3.36. The molecular weight excluding hydrogens is 321 g/mol. The first-order valence-electron chi connectivity index (χ1n) is 7.71. The second-order valence-electron chi connectivity index (χ2n) is 5.54. The molecule has 5 nitrogen and oxygen atoms in total. The van der Waals surface area contributed by atoms with Crippen molar-refractivity contribution in [3.63, 3.8) is 0 Å². The Morgan fingerprint density at radius 3 is 2.52 bits per heavy atom. The van der Waals surface area contributed by atoms with Gasteiger partial charge in [-0.25, -0.2) is 9.38 Å². The maximum atomic E-state index is 14.2. The van der Waals surface area contributed by atoms with Crippen molar-refractivity contribution in [1.82, 2.24) is 4.90 Å². The predicted octanol–water partition coefficient (Wildman–Crippen LogP) is 3.61. The first-order valence-corrected chi connectivity index (χ1v) is 7.71. The van der Waals surface area contributed by atoms with E-state index in [0.29, 0.717) is 23.4 Å². The van der Waals surface area contributed by atoms with Gasteiger partial charge in [0.1, 0.15) is 12.7 Å². The first-order chi connectivity index (χ1) is 12.0. The lowest BCUT2D eigenvalue weighted by atomic mass is 10.0. The van der Waals surface area contributed by atoms with Crippen LogP contribution in [0, 0.1) is 17.1 Å². The summed E-state index contributed by atoms with van der Waals surface area (Å²) in [5, 5.41) is 9.33. The molecule has 0 N–H and O–H groups in total. The Morgan fingerprint density at radius 1 is 1.16 bits per heavy atom. The lowest BCUT2D eigenvalue weighted by molar-refractivity contribution is 0.144. The molecule has 0 aliphatic heterocycles. The molecule has 0 aliphatic rings. The van der Waals surface area contributed by atoms with Crippen molar-refractivity contribution in [3.8, 4) is 22.9 Å². The van der Waals surface area contributed by atoms with Crippen LogP contribution in [0.3, 0.4) is 0 Å². The number of aliphatic imine (C=N–C) groups is 1. The molecule has 0 unspecified atom stereocenters. The lowest BCUT2D eigenvalue weighted by Gasteiger charge is -2.09. The van der Waals surface area contributed by atoms with Gasteiger partial charge in [0.2, 0.25) is 0 Å². The SMILES string of the molecule is COCCOc1ccc(-c2ccc(N=CN(C)C)c(C#N)c2)cc1F. The zero-order chi connectivity index (χ0) is 18.2. The van der Waals surface area contributed by atoms with Crippen LogP contribution in [0.15, 0.2) is 41.4 Å². The molecule has 2 aromatic carbocycles. The fourth-order valence-corrected chi connectivity index (χ4v) is 2.13. The van der Waals surface area contributed by atoms with Gasteiger partial charge in [-0.3, -0.25) is 0 Å². The molecular formula is C19H20FN3O2. The van der Waals surface area contributed by atoms with E-state index < -0.39 is 5.82 Å². The third-order valence-electron chi connectivity index (χ3n) is 3.36. The topological polar surface area (TPSA) is 57.9 Å². The number of hydrogen-bond acceptors (Lipinski definition) is 4. The summed E-state index contributed by atoms with van der Waals surface area (Å²) in [4.78, 5) is 6.04. The molecule has 0 spiro atoms. The fraction of sp³-hybridized carbons (Fsp3) is 0.263. The van der Waals surface area contributed by atoms with Gasteiger partial charge in [0.05, 0.1) is 24.2 Å². The van der Waals surface area contributed by atoms with Crippen molar-refractivity contribution in [1.29, 1.82) is 5.26 Å². The molecule has 0 heterocycles. The van der Waals surface area contributed by atoms with E-state index in [1.54, 1.807) is 42.6 Å². The van der Waals surface area contributed by atoms with E-state index in [9.17, 15) is 9.65 Å². The number of ether oxygens (including phenoxy) is 2. The summed E-state index contributed by atoms with van der Waals surface area (Å²) in [6, 6.07) is 12.1. The minimum atomic E-state index is -0.457. The summed E-state index contributed by atoms with van der Waals surface area (Å²) in [5.74, 6) is -0.282. The fourth-order valence-electron chi connectivity index (χ4n) is 2.13. The van der Waals surface area contributed by atoms with Crippen LogP contribution < -0.4 is 4.74 Å². The van der Waals surface area contributed by atoms with Crippen LogP contribution in [0.4, 0.5) is 10.1 Å². The quantitative estimate of drug-likeness (QED) is 0.438. The van der Waals surface area contributed by atoms with Crippen molar-refractivity contribution in [3.05, 3.63) is 47.8 Å². The van der Waals surface area contributed by atoms with Crippen LogP contribution in [0.1, 0.15) is 5.56 Å². The largest absolute Gasteiger partial charge is 0.488 e. The number of rotatable bonds is 7. The summed E-state index contributed by atoms with van der Waals surface area (Å²) in [6.07, 6.45) is 1.63. The van der Waals surface area contributed by atoms with E-state index in [2.05, 4.69) is 11.1 Å². The van der Waals surface area contributed by atoms with E-state index in [0.717, 1.165) is 5.56 Å². The minimum Gasteiger partial charge on any atom is -0.488 e. The van der Waals surface area contributed by atoms with Gasteiger partial charge in [0, 0.05) is 21.2 Å². The molecule has 0 aromatic heterocycles. The van der Waals surface area contributed by atoms with Crippen molar-refractivity contribution in [2.75, 3.05) is 34.4 Å². The van der Waals surface area contributed by atoms with Crippen LogP contribution in [-0.2, 0) is 4.74 Å². The minimum absolute atomic E-state index is 0.175. The molecule has 2 rings (SSSR count). The smallest absolute Gasteiger partial charge is 0.165 e. The van der Waals surface area contributed by atoms with Crippen molar-refractivity contribution in [2.24, 2.45) is 4.99 Å². The van der Waals surface area contributed by atoms with Gasteiger partial charge in [-0.15, -0.1) is 0 Å². The van der Waals surface area contributed by atoms with Crippen LogP contribution in [0.2, 0.25) is 0 Å². The maximum Gasteiger partial charge on any atom is 0.165 e. The second kappa shape index (κ2) is 8.81. The highest BCUT2D eigenvalue weighted by atomic mass is 19.1. The van der Waals surface area contributed by atoms with Crippen LogP contribution in [-0.4, -0.2) is 45.7 Å². The van der Waals surface area contributed by atoms with E-state index in [4.69, 9.17) is 9.47 Å². The summed E-state index contributed by atoms with van der Waals surface area (Å²) in [6.45, 7) is 0.672. The summed E-state index contributed by atoms with van der Waals surface area (Å²) in [7, 11) is 5.26. The molecule has 2 aromatic rings. The summed E-state index contributed by atoms with van der Waals surface area (Å²) >= 11 is 0. The highest BCUT2D eigenvalue weighted by Crippen LogP contribution is 2.29. The molecule has 0 fully saturated rings. The Balaban J connectivity index is 2.27. The van der Waals surface area contributed by atoms with Crippen molar-refractivity contribution < 1.29 is 13.9 Å². The number of nitrogens with zero attached hydrogens (tertiary/aromatic N) is 3. The molecule has 0 radical (unpaired) electrons. The summed E-state index contributed by atoms with van der Waals surface area (Å²) < 4.78 is 24.4. The Morgan fingerprint density at radius 2 is 1.88 bits per heavy atom. The Hall–Kier alpha value is -2.91. The highest BCUT2D eigenvalue weighted by molar-refractivity contribution is 5.72. The Bertz CT molecular complexity index is 798. The predicted molar refractivity (Wildman–Crippen MR) is 95.8 cm³/mol. The molecule has 25 heavy (non-hydrogen) atoms. The van der Waals surface area contributed by atoms with Crippen LogP contribution in [0.5, 0.6) is 5.75 Å². The Kier molecular flexibility index (Phi) is 6.49. The normalized spacial score (nSPS) is 10.7.